The SMILES string of the molecule is CC/C=C\C/C=C\C/C=C\C/C=C\CCCCCCC(=O)OCC(COP(=O)(O)OCC(CO)OC(=O)CCCCCCC/C=C\C/C=C\CCCCC)OC(=O)CCCCCCCCCCCCCCCCCCC. The van der Waals surface area contributed by atoms with Crippen molar-refractivity contribution in [3.8, 4) is 0 Å². The van der Waals surface area contributed by atoms with Gasteiger partial charge in [-0.15, -0.1) is 0 Å². The molecule has 0 saturated heterocycles. The lowest BCUT2D eigenvalue weighted by molar-refractivity contribution is -0.161. The predicted molar refractivity (Wildman–Crippen MR) is 316 cm³/mol. The first-order valence-electron chi connectivity index (χ1n) is 30.8. The predicted octanol–water partition coefficient (Wildman–Crippen LogP) is 18.5. The molecule has 0 saturated carbocycles. The average Bonchev–Trinajstić information content (AvgIpc) is 3.41. The van der Waals surface area contributed by atoms with Crippen molar-refractivity contribution in [1.82, 2.24) is 0 Å². The number of aliphatic hydroxyl groups is 1. The Morgan fingerprint density at radius 3 is 1.08 bits per heavy atom. The van der Waals surface area contributed by atoms with E-state index < -0.39 is 57.8 Å². The zero-order valence-corrected chi connectivity index (χ0v) is 49.6. The summed E-state index contributed by atoms with van der Waals surface area (Å²) in [5, 5.41) is 9.83. The van der Waals surface area contributed by atoms with Crippen molar-refractivity contribution in [2.75, 3.05) is 26.4 Å². The molecule has 0 aromatic carbocycles. The molecule has 0 fully saturated rings. The van der Waals surface area contributed by atoms with Gasteiger partial charge in [0.2, 0.25) is 0 Å². The maximum Gasteiger partial charge on any atom is 0.472 e. The molecule has 0 aromatic rings. The van der Waals surface area contributed by atoms with E-state index in [1.807, 2.05) is 0 Å². The first kappa shape index (κ1) is 72.9. The molecular formula is C64H113O11P. The first-order valence-corrected chi connectivity index (χ1v) is 32.3. The van der Waals surface area contributed by atoms with Crippen LogP contribution in [-0.4, -0.2) is 66.5 Å². The van der Waals surface area contributed by atoms with Gasteiger partial charge in [-0.1, -0.05) is 241 Å². The molecule has 0 heterocycles. The number of aliphatic hydroxyl groups excluding tert-OH is 1. The number of phosphoric acid groups is 1. The highest BCUT2D eigenvalue weighted by atomic mass is 31.2. The third kappa shape index (κ3) is 55.7. The van der Waals surface area contributed by atoms with Gasteiger partial charge in [0.15, 0.2) is 6.10 Å². The van der Waals surface area contributed by atoms with Crippen molar-refractivity contribution in [2.24, 2.45) is 0 Å². The largest absolute Gasteiger partial charge is 0.472 e. The molecule has 0 spiro atoms. The smallest absolute Gasteiger partial charge is 0.462 e. The van der Waals surface area contributed by atoms with Crippen molar-refractivity contribution in [3.05, 3.63) is 72.9 Å². The van der Waals surface area contributed by atoms with E-state index in [1.54, 1.807) is 0 Å². The molecule has 3 unspecified atom stereocenters. The van der Waals surface area contributed by atoms with Crippen LogP contribution in [0.2, 0.25) is 0 Å². The van der Waals surface area contributed by atoms with E-state index in [2.05, 4.69) is 93.7 Å². The third-order valence-corrected chi connectivity index (χ3v) is 14.1. The molecule has 3 atom stereocenters. The summed E-state index contributed by atoms with van der Waals surface area (Å²) in [6.07, 6.45) is 65.6. The van der Waals surface area contributed by atoms with Crippen molar-refractivity contribution >= 4 is 25.7 Å². The lowest BCUT2D eigenvalue weighted by Crippen LogP contribution is -2.30. The Balaban J connectivity index is 4.75. The zero-order valence-electron chi connectivity index (χ0n) is 48.7. The van der Waals surface area contributed by atoms with Gasteiger partial charge in [-0.2, -0.15) is 0 Å². The second-order valence-electron chi connectivity index (χ2n) is 20.5. The summed E-state index contributed by atoms with van der Waals surface area (Å²) < 4.78 is 39.6. The molecule has 0 amide bonds. The molecule has 440 valence electrons. The van der Waals surface area contributed by atoms with Crippen molar-refractivity contribution in [1.29, 1.82) is 0 Å². The summed E-state index contributed by atoms with van der Waals surface area (Å²) in [5.74, 6) is -1.50. The second kappa shape index (κ2) is 58.1. The molecule has 0 rings (SSSR count). The molecule has 2 N–H and O–H groups in total. The van der Waals surface area contributed by atoms with E-state index in [9.17, 15) is 28.9 Å². The van der Waals surface area contributed by atoms with Gasteiger partial charge in [-0.05, 0) is 89.9 Å². The standard InChI is InChI=1S/C64H113O11P/c1-4-7-10-13-16-19-22-25-28-30-33-35-38-41-44-47-50-53-62(66)71-57-61(75-64(68)55-52-49-46-43-40-37-34-31-29-26-23-20-17-14-11-8-5-2)59-73-76(69,70)72-58-60(56-65)74-63(67)54-51-48-45-42-39-36-32-27-24-21-18-15-12-9-6-3/h7,10,16,18-19,21,25,27-28,32-33,35,60-61,65H,4-6,8-9,11-15,17,20,22-24,26,29-31,34,36-59H2,1-3H3,(H,69,70)/b10-7-,19-16-,21-18-,28-25-,32-27-,35-33-. The van der Waals surface area contributed by atoms with E-state index in [1.165, 1.54) is 103 Å². The summed E-state index contributed by atoms with van der Waals surface area (Å²) >= 11 is 0. The minimum atomic E-state index is -4.76. The van der Waals surface area contributed by atoms with Crippen LogP contribution in [0.1, 0.15) is 278 Å². The number of unbranched alkanes of at least 4 members (excludes halogenated alkanes) is 28. The number of allylic oxidation sites excluding steroid dienone is 12. The summed E-state index contributed by atoms with van der Waals surface area (Å²) in [6.45, 7) is 4.50. The van der Waals surface area contributed by atoms with Crippen LogP contribution in [0.25, 0.3) is 0 Å². The fraction of sp³-hybridized carbons (Fsp3) is 0.766. The van der Waals surface area contributed by atoms with Crippen molar-refractivity contribution in [3.63, 3.8) is 0 Å². The summed E-state index contributed by atoms with van der Waals surface area (Å²) in [6, 6.07) is 0. The minimum Gasteiger partial charge on any atom is -0.462 e. The molecule has 12 heteroatoms. The van der Waals surface area contributed by atoms with Gasteiger partial charge in [-0.3, -0.25) is 23.4 Å². The summed E-state index contributed by atoms with van der Waals surface area (Å²) in [7, 11) is -4.76. The number of hydrogen-bond donors (Lipinski definition) is 2. The van der Waals surface area contributed by atoms with Crippen LogP contribution in [0.3, 0.4) is 0 Å². The van der Waals surface area contributed by atoms with Crippen LogP contribution in [0.15, 0.2) is 72.9 Å². The van der Waals surface area contributed by atoms with Crippen molar-refractivity contribution < 1.29 is 52.2 Å². The van der Waals surface area contributed by atoms with Crippen LogP contribution in [0, 0.1) is 0 Å². The molecule has 0 aromatic heterocycles. The Labute approximate surface area is 465 Å². The van der Waals surface area contributed by atoms with Gasteiger partial charge < -0.3 is 24.2 Å². The van der Waals surface area contributed by atoms with Gasteiger partial charge in [0, 0.05) is 19.3 Å². The molecule has 76 heavy (non-hydrogen) atoms. The number of carbonyl (C=O) groups is 3. The highest BCUT2D eigenvalue weighted by Gasteiger charge is 2.28. The van der Waals surface area contributed by atoms with Crippen molar-refractivity contribution in [2.45, 2.75) is 290 Å². The highest BCUT2D eigenvalue weighted by molar-refractivity contribution is 7.47. The third-order valence-electron chi connectivity index (χ3n) is 13.1. The van der Waals surface area contributed by atoms with E-state index in [-0.39, 0.29) is 25.9 Å². The number of carbonyl (C=O) groups excluding carboxylic acids is 3. The van der Waals surface area contributed by atoms with Crippen LogP contribution in [0.4, 0.5) is 0 Å². The van der Waals surface area contributed by atoms with Gasteiger partial charge in [0.05, 0.1) is 19.8 Å². The summed E-state index contributed by atoms with van der Waals surface area (Å²) in [5.41, 5.74) is 0. The monoisotopic (exact) mass is 1090 g/mol. The lowest BCUT2D eigenvalue weighted by Gasteiger charge is -2.21. The van der Waals surface area contributed by atoms with E-state index in [0.29, 0.717) is 19.3 Å². The Kier molecular flexibility index (Phi) is 55.7. The van der Waals surface area contributed by atoms with Gasteiger partial charge in [0.25, 0.3) is 0 Å². The number of rotatable bonds is 57. The number of phosphoric ester groups is 1. The highest BCUT2D eigenvalue weighted by Crippen LogP contribution is 2.43. The number of esters is 3. The summed E-state index contributed by atoms with van der Waals surface area (Å²) in [4.78, 5) is 48.7. The Hall–Kier alpha value is -3.08. The molecule has 0 aliphatic carbocycles. The Morgan fingerprint density at radius 1 is 0.382 bits per heavy atom. The minimum absolute atomic E-state index is 0.159. The van der Waals surface area contributed by atoms with Crippen LogP contribution in [-0.2, 0) is 42.2 Å². The maximum atomic E-state index is 12.9. The van der Waals surface area contributed by atoms with Gasteiger partial charge in [0.1, 0.15) is 12.7 Å². The van der Waals surface area contributed by atoms with Crippen LogP contribution in [0.5, 0.6) is 0 Å². The Bertz CT molecular complexity index is 1550. The molecule has 0 aliphatic heterocycles. The molecular weight excluding hydrogens is 976 g/mol. The lowest BCUT2D eigenvalue weighted by atomic mass is 10.0. The first-order chi connectivity index (χ1) is 37.2. The average molecular weight is 1090 g/mol. The molecule has 0 aliphatic rings. The number of ether oxygens (including phenoxy) is 3. The van der Waals surface area contributed by atoms with Gasteiger partial charge in [-0.25, -0.2) is 4.57 Å². The zero-order chi connectivity index (χ0) is 55.5. The van der Waals surface area contributed by atoms with Crippen LogP contribution >= 0.6 is 7.82 Å². The van der Waals surface area contributed by atoms with Crippen LogP contribution < -0.4 is 0 Å². The second-order valence-corrected chi connectivity index (χ2v) is 21.9. The van der Waals surface area contributed by atoms with E-state index >= 15 is 0 Å². The maximum absolute atomic E-state index is 12.9. The molecule has 0 bridgehead atoms. The molecule has 0 radical (unpaired) electrons. The molecule has 11 nitrogen and oxygen atoms in total. The quantitative estimate of drug-likeness (QED) is 0.0197. The fourth-order valence-corrected chi connectivity index (χ4v) is 9.22. The van der Waals surface area contributed by atoms with Gasteiger partial charge >= 0.3 is 25.7 Å². The van der Waals surface area contributed by atoms with E-state index in [4.69, 9.17) is 23.3 Å². The van der Waals surface area contributed by atoms with E-state index in [0.717, 1.165) is 116 Å². The normalized spacial score (nSPS) is 13.8. The fourth-order valence-electron chi connectivity index (χ4n) is 8.44. The Morgan fingerprint density at radius 2 is 0.684 bits per heavy atom. The topological polar surface area (TPSA) is 155 Å². The number of hydrogen-bond acceptors (Lipinski definition) is 10.